The molecule has 2 aromatic rings. The van der Waals surface area contributed by atoms with Gasteiger partial charge in [0.15, 0.2) is 0 Å². The molecule has 0 aliphatic carbocycles. The maximum absolute atomic E-state index is 3.68. The molecule has 0 saturated heterocycles. The van der Waals surface area contributed by atoms with Crippen LogP contribution in [0.3, 0.4) is 0 Å². The Kier molecular flexibility index (Phi) is 3.59. The van der Waals surface area contributed by atoms with Crippen molar-refractivity contribution in [1.82, 2.24) is 0 Å². The van der Waals surface area contributed by atoms with Crippen LogP contribution >= 0.6 is 0 Å². The molecule has 21 heavy (non-hydrogen) atoms. The van der Waals surface area contributed by atoms with Gasteiger partial charge in [-0.15, -0.1) is 0 Å². The highest BCUT2D eigenvalue weighted by molar-refractivity contribution is 5.72. The smallest absolute Gasteiger partial charge is 0.0701 e. The van der Waals surface area contributed by atoms with Crippen molar-refractivity contribution in [2.75, 3.05) is 5.32 Å². The van der Waals surface area contributed by atoms with Gasteiger partial charge in [0.05, 0.1) is 6.04 Å². The highest BCUT2D eigenvalue weighted by Gasteiger charge is 2.15. The molecule has 0 bridgehead atoms. The maximum atomic E-state index is 3.68. The molecule has 0 fully saturated rings. The Bertz CT molecular complexity index is 675. The Morgan fingerprint density at radius 3 is 2.33 bits per heavy atom. The molecule has 0 radical (unpaired) electrons. The molecule has 1 N–H and O–H groups in total. The van der Waals surface area contributed by atoms with Gasteiger partial charge in [-0.25, -0.2) is 0 Å². The summed E-state index contributed by atoms with van der Waals surface area (Å²) in [5.74, 6) is 0.558. The lowest BCUT2D eigenvalue weighted by molar-refractivity contribution is 0.864. The highest BCUT2D eigenvalue weighted by atomic mass is 14.9. The number of hydrogen-bond acceptors (Lipinski definition) is 1. The minimum absolute atomic E-state index is 0.263. The second-order valence-corrected chi connectivity index (χ2v) is 6.40. The number of rotatable bonds is 2. The Labute approximate surface area is 127 Å². The first-order chi connectivity index (χ1) is 10.0. The quantitative estimate of drug-likeness (QED) is 0.752. The third-order valence-corrected chi connectivity index (χ3v) is 4.13. The van der Waals surface area contributed by atoms with Crippen LogP contribution in [-0.4, -0.2) is 0 Å². The van der Waals surface area contributed by atoms with Crippen molar-refractivity contribution in [3.05, 3.63) is 70.3 Å². The lowest BCUT2D eigenvalue weighted by atomic mass is 9.94. The third-order valence-electron chi connectivity index (χ3n) is 4.13. The van der Waals surface area contributed by atoms with Crippen LogP contribution < -0.4 is 5.32 Å². The Morgan fingerprint density at radius 1 is 0.952 bits per heavy atom. The van der Waals surface area contributed by atoms with Crippen LogP contribution in [0.4, 0.5) is 5.69 Å². The van der Waals surface area contributed by atoms with E-state index in [0.29, 0.717) is 5.92 Å². The molecule has 1 nitrogen and oxygen atoms in total. The average Bonchev–Trinajstić information content (AvgIpc) is 2.45. The van der Waals surface area contributed by atoms with Gasteiger partial charge >= 0.3 is 0 Å². The topological polar surface area (TPSA) is 12.0 Å². The lowest BCUT2D eigenvalue weighted by Gasteiger charge is -2.24. The fraction of sp³-hybridized carbons (Fsp3) is 0.300. The van der Waals surface area contributed by atoms with Gasteiger partial charge in [-0.1, -0.05) is 67.5 Å². The van der Waals surface area contributed by atoms with E-state index in [0.717, 1.165) is 0 Å². The summed E-state index contributed by atoms with van der Waals surface area (Å²) >= 11 is 0. The van der Waals surface area contributed by atoms with Gasteiger partial charge in [0.1, 0.15) is 0 Å². The van der Waals surface area contributed by atoms with Crippen molar-refractivity contribution in [2.45, 2.75) is 39.7 Å². The summed E-state index contributed by atoms with van der Waals surface area (Å²) in [7, 11) is 0. The summed E-state index contributed by atoms with van der Waals surface area (Å²) in [5.41, 5.74) is 7.89. The maximum Gasteiger partial charge on any atom is 0.0701 e. The van der Waals surface area contributed by atoms with Crippen LogP contribution in [0.1, 0.15) is 53.6 Å². The summed E-state index contributed by atoms with van der Waals surface area (Å²) in [6.07, 6.45) is 4.49. The van der Waals surface area contributed by atoms with Gasteiger partial charge < -0.3 is 5.32 Å². The molecule has 1 aliphatic rings. The van der Waals surface area contributed by atoms with Crippen molar-refractivity contribution in [2.24, 2.45) is 0 Å². The van der Waals surface area contributed by atoms with Gasteiger partial charge in [0, 0.05) is 5.69 Å². The normalized spacial score (nSPS) is 16.7. The molecular weight excluding hydrogens is 254 g/mol. The van der Waals surface area contributed by atoms with Crippen molar-refractivity contribution in [1.29, 1.82) is 0 Å². The standard InChI is InChI=1S/C20H23N/c1-13(2)17-6-5-16-7-8-19(21-20(16)12-17)18-10-14(3)9-15(4)11-18/h5-13,19,21H,1-4H3. The van der Waals surface area contributed by atoms with Crippen LogP contribution in [0.15, 0.2) is 42.5 Å². The molecule has 3 rings (SSSR count). The molecule has 0 amide bonds. The van der Waals surface area contributed by atoms with E-state index in [4.69, 9.17) is 0 Å². The number of fused-ring (bicyclic) bond motifs is 1. The zero-order valence-corrected chi connectivity index (χ0v) is 13.3. The minimum Gasteiger partial charge on any atom is -0.374 e. The van der Waals surface area contributed by atoms with Gasteiger partial charge in [-0.05, 0) is 42.5 Å². The monoisotopic (exact) mass is 277 g/mol. The third kappa shape index (κ3) is 2.87. The van der Waals surface area contributed by atoms with Crippen molar-refractivity contribution in [3.8, 4) is 0 Å². The lowest BCUT2D eigenvalue weighted by Crippen LogP contribution is -2.13. The fourth-order valence-corrected chi connectivity index (χ4v) is 3.00. The Balaban J connectivity index is 1.94. The SMILES string of the molecule is Cc1cc(C)cc(C2C=Cc3ccc(C(C)C)cc3N2)c1. The molecular formula is C20H23N. The van der Waals surface area contributed by atoms with E-state index < -0.39 is 0 Å². The van der Waals surface area contributed by atoms with Crippen LogP contribution in [0.2, 0.25) is 0 Å². The van der Waals surface area contributed by atoms with Crippen molar-refractivity contribution >= 4 is 11.8 Å². The number of aryl methyl sites for hydroxylation is 2. The summed E-state index contributed by atoms with van der Waals surface area (Å²) in [5, 5.41) is 3.68. The number of anilines is 1. The van der Waals surface area contributed by atoms with Crippen LogP contribution in [0.5, 0.6) is 0 Å². The molecule has 0 saturated carbocycles. The zero-order valence-electron chi connectivity index (χ0n) is 13.3. The minimum atomic E-state index is 0.263. The predicted molar refractivity (Wildman–Crippen MR) is 91.8 cm³/mol. The first kappa shape index (κ1) is 13.9. The summed E-state index contributed by atoms with van der Waals surface area (Å²) in [6, 6.07) is 13.8. The van der Waals surface area contributed by atoms with E-state index in [-0.39, 0.29) is 6.04 Å². The summed E-state index contributed by atoms with van der Waals surface area (Å²) in [6.45, 7) is 8.80. The zero-order chi connectivity index (χ0) is 15.0. The molecule has 1 heteroatoms. The van der Waals surface area contributed by atoms with E-state index in [9.17, 15) is 0 Å². The number of hydrogen-bond donors (Lipinski definition) is 1. The molecule has 2 aromatic carbocycles. The second kappa shape index (κ2) is 5.40. The van der Waals surface area contributed by atoms with E-state index in [2.05, 4.69) is 81.6 Å². The van der Waals surface area contributed by atoms with Crippen molar-refractivity contribution in [3.63, 3.8) is 0 Å². The predicted octanol–water partition coefficient (Wildman–Crippen LogP) is 5.61. The molecule has 0 aromatic heterocycles. The first-order valence-corrected chi connectivity index (χ1v) is 7.70. The summed E-state index contributed by atoms with van der Waals surface area (Å²) < 4.78 is 0. The molecule has 108 valence electrons. The van der Waals surface area contributed by atoms with Crippen molar-refractivity contribution < 1.29 is 0 Å². The van der Waals surface area contributed by atoms with Crippen LogP contribution in [-0.2, 0) is 0 Å². The van der Waals surface area contributed by atoms with E-state index in [1.165, 1.54) is 33.5 Å². The Hall–Kier alpha value is -2.02. The van der Waals surface area contributed by atoms with Gasteiger partial charge in [0.2, 0.25) is 0 Å². The Morgan fingerprint density at radius 2 is 1.67 bits per heavy atom. The summed E-state index contributed by atoms with van der Waals surface area (Å²) in [4.78, 5) is 0. The molecule has 1 heterocycles. The van der Waals surface area contributed by atoms with Gasteiger partial charge in [-0.2, -0.15) is 0 Å². The van der Waals surface area contributed by atoms with E-state index in [1.54, 1.807) is 0 Å². The highest BCUT2D eigenvalue weighted by Crippen LogP contribution is 2.33. The van der Waals surface area contributed by atoms with Crippen LogP contribution in [0.25, 0.3) is 6.08 Å². The molecule has 1 atom stereocenters. The molecule has 0 spiro atoms. The largest absolute Gasteiger partial charge is 0.374 e. The van der Waals surface area contributed by atoms with Gasteiger partial charge in [-0.3, -0.25) is 0 Å². The first-order valence-electron chi connectivity index (χ1n) is 7.70. The average molecular weight is 277 g/mol. The number of benzene rings is 2. The van der Waals surface area contributed by atoms with Gasteiger partial charge in [0.25, 0.3) is 0 Å². The molecule has 1 unspecified atom stereocenters. The molecule has 1 aliphatic heterocycles. The fourth-order valence-electron chi connectivity index (χ4n) is 3.00. The second-order valence-electron chi connectivity index (χ2n) is 6.40. The van der Waals surface area contributed by atoms with E-state index in [1.807, 2.05) is 0 Å². The van der Waals surface area contributed by atoms with Crippen LogP contribution in [0, 0.1) is 13.8 Å². The number of nitrogens with one attached hydrogen (secondary N) is 1. The van der Waals surface area contributed by atoms with E-state index >= 15 is 0 Å².